The highest BCUT2D eigenvalue weighted by Crippen LogP contribution is 2.36. The molecule has 0 radical (unpaired) electrons. The molecule has 2 aromatic carbocycles. The quantitative estimate of drug-likeness (QED) is 0.475. The van der Waals surface area contributed by atoms with Crippen molar-refractivity contribution in [3.05, 3.63) is 56.5 Å². The molecule has 0 unspecified atom stereocenters. The van der Waals surface area contributed by atoms with Crippen LogP contribution in [0, 0.1) is 0 Å². The molecule has 0 aliphatic heterocycles. The Morgan fingerprint density at radius 3 is 2.40 bits per heavy atom. The molecule has 0 amide bonds. The average Bonchev–Trinajstić information content (AvgIpc) is 2.44. The molecule has 0 N–H and O–H groups in total. The molecule has 0 saturated carbocycles. The van der Waals surface area contributed by atoms with Crippen LogP contribution in [0.4, 0.5) is 0 Å². The van der Waals surface area contributed by atoms with Gasteiger partial charge in [-0.3, -0.25) is 4.79 Å². The molecule has 0 fully saturated rings. The molecule has 2 aromatic rings. The lowest BCUT2D eigenvalue weighted by atomic mass is 10.1. The zero-order valence-corrected chi connectivity index (χ0v) is 13.7. The minimum Gasteiger partial charge on any atom is -0.456 e. The molecule has 0 saturated heterocycles. The van der Waals surface area contributed by atoms with Crippen LogP contribution in [0.15, 0.2) is 40.9 Å². The van der Waals surface area contributed by atoms with Crippen molar-refractivity contribution < 1.29 is 9.53 Å². The number of halogens is 3. The normalized spacial score (nSPS) is 10.4. The number of rotatable bonds is 4. The number of hydrogen-bond acceptors (Lipinski definition) is 2. The summed E-state index contributed by atoms with van der Waals surface area (Å²) in [6, 6.07) is 10.2. The van der Waals surface area contributed by atoms with E-state index in [1.54, 1.807) is 36.4 Å². The summed E-state index contributed by atoms with van der Waals surface area (Å²) in [6.07, 6.45) is 0.481. The van der Waals surface area contributed by atoms with Gasteiger partial charge in [0.15, 0.2) is 5.78 Å². The Balaban J connectivity index is 2.22. The largest absolute Gasteiger partial charge is 0.456 e. The van der Waals surface area contributed by atoms with Crippen LogP contribution in [0.2, 0.25) is 10.0 Å². The SMILES string of the molecule is CCC(=O)c1ccc(Oc2cc(Cl)c(Br)cc2Cl)cc1. The molecular formula is C15H11BrCl2O2. The number of ether oxygens (including phenoxy) is 1. The summed E-state index contributed by atoms with van der Waals surface area (Å²) in [6.45, 7) is 1.83. The molecule has 0 atom stereocenters. The van der Waals surface area contributed by atoms with Gasteiger partial charge >= 0.3 is 0 Å². The molecule has 0 heterocycles. The van der Waals surface area contributed by atoms with Gasteiger partial charge in [-0.1, -0.05) is 30.1 Å². The van der Waals surface area contributed by atoms with Crippen LogP contribution >= 0.6 is 39.1 Å². The minimum atomic E-state index is 0.0984. The first-order valence-corrected chi connectivity index (χ1v) is 7.51. The number of ketones is 1. The van der Waals surface area contributed by atoms with E-state index in [2.05, 4.69) is 15.9 Å². The fraction of sp³-hybridized carbons (Fsp3) is 0.133. The van der Waals surface area contributed by atoms with Crippen molar-refractivity contribution in [2.75, 3.05) is 0 Å². The van der Waals surface area contributed by atoms with E-state index in [-0.39, 0.29) is 5.78 Å². The van der Waals surface area contributed by atoms with E-state index in [1.165, 1.54) is 0 Å². The van der Waals surface area contributed by atoms with E-state index in [4.69, 9.17) is 27.9 Å². The van der Waals surface area contributed by atoms with Crippen molar-refractivity contribution in [2.45, 2.75) is 13.3 Å². The maximum Gasteiger partial charge on any atom is 0.162 e. The topological polar surface area (TPSA) is 26.3 Å². The lowest BCUT2D eigenvalue weighted by Crippen LogP contribution is -1.95. The monoisotopic (exact) mass is 372 g/mol. The number of Topliss-reactive ketones (excluding diaryl/α,β-unsaturated/α-hetero) is 1. The predicted molar refractivity (Wildman–Crippen MR) is 85.3 cm³/mol. The van der Waals surface area contributed by atoms with Crippen molar-refractivity contribution in [3.8, 4) is 11.5 Å². The van der Waals surface area contributed by atoms with Gasteiger partial charge in [0.05, 0.1) is 10.0 Å². The van der Waals surface area contributed by atoms with Crippen molar-refractivity contribution in [2.24, 2.45) is 0 Å². The molecule has 2 rings (SSSR count). The van der Waals surface area contributed by atoms with Gasteiger partial charge in [-0.25, -0.2) is 0 Å². The lowest BCUT2D eigenvalue weighted by Gasteiger charge is -2.09. The Bertz CT molecular complexity index is 639. The van der Waals surface area contributed by atoms with E-state index < -0.39 is 0 Å². The van der Waals surface area contributed by atoms with Gasteiger partial charge in [0, 0.05) is 22.5 Å². The molecule has 5 heteroatoms. The molecule has 0 aliphatic carbocycles. The van der Waals surface area contributed by atoms with Gasteiger partial charge in [0.25, 0.3) is 0 Å². The summed E-state index contributed by atoms with van der Waals surface area (Å²) in [4.78, 5) is 11.5. The van der Waals surface area contributed by atoms with Crippen LogP contribution in [-0.4, -0.2) is 5.78 Å². The van der Waals surface area contributed by atoms with Crippen molar-refractivity contribution in [1.29, 1.82) is 0 Å². The van der Waals surface area contributed by atoms with E-state index in [0.29, 0.717) is 38.0 Å². The van der Waals surface area contributed by atoms with Crippen molar-refractivity contribution in [3.63, 3.8) is 0 Å². The molecule has 104 valence electrons. The molecular weight excluding hydrogens is 363 g/mol. The third-order valence-corrected chi connectivity index (χ3v) is 4.19. The lowest BCUT2D eigenvalue weighted by molar-refractivity contribution is 0.0988. The Hall–Kier alpha value is -1.03. The Morgan fingerprint density at radius 1 is 1.15 bits per heavy atom. The Kier molecular flexibility index (Phi) is 5.08. The molecule has 20 heavy (non-hydrogen) atoms. The molecule has 0 spiro atoms. The number of hydrogen-bond donors (Lipinski definition) is 0. The smallest absolute Gasteiger partial charge is 0.162 e. The van der Waals surface area contributed by atoms with Crippen molar-refractivity contribution >= 4 is 44.9 Å². The Labute approximate surface area is 135 Å². The van der Waals surface area contributed by atoms with Crippen LogP contribution in [0.1, 0.15) is 23.7 Å². The van der Waals surface area contributed by atoms with Gasteiger partial charge in [0.2, 0.25) is 0 Å². The molecule has 0 aliphatic rings. The van der Waals surface area contributed by atoms with Crippen LogP contribution < -0.4 is 4.74 Å². The summed E-state index contributed by atoms with van der Waals surface area (Å²) in [5.74, 6) is 1.16. The third-order valence-electron chi connectivity index (χ3n) is 2.70. The second-order valence-corrected chi connectivity index (χ2v) is 5.77. The second-order valence-electron chi connectivity index (χ2n) is 4.10. The van der Waals surface area contributed by atoms with E-state index in [1.807, 2.05) is 6.92 Å². The van der Waals surface area contributed by atoms with E-state index in [0.717, 1.165) is 0 Å². The highest BCUT2D eigenvalue weighted by atomic mass is 79.9. The highest BCUT2D eigenvalue weighted by molar-refractivity contribution is 9.10. The first kappa shape index (κ1) is 15.4. The predicted octanol–water partition coefficient (Wildman–Crippen LogP) is 6.14. The maximum absolute atomic E-state index is 11.5. The van der Waals surface area contributed by atoms with Crippen LogP contribution in [0.25, 0.3) is 0 Å². The maximum atomic E-state index is 11.5. The second kappa shape index (κ2) is 6.61. The fourth-order valence-corrected chi connectivity index (χ4v) is 2.45. The standard InChI is InChI=1S/C15H11BrCl2O2/c1-2-14(19)9-3-5-10(6-4-9)20-15-8-12(17)11(16)7-13(15)18/h3-8H,2H2,1H3. The Morgan fingerprint density at radius 2 is 1.80 bits per heavy atom. The van der Waals surface area contributed by atoms with E-state index >= 15 is 0 Å². The molecule has 2 nitrogen and oxygen atoms in total. The average molecular weight is 374 g/mol. The minimum absolute atomic E-state index is 0.0984. The van der Waals surface area contributed by atoms with E-state index in [9.17, 15) is 4.79 Å². The summed E-state index contributed by atoms with van der Waals surface area (Å²) in [5, 5.41) is 0.970. The van der Waals surface area contributed by atoms with Crippen molar-refractivity contribution in [1.82, 2.24) is 0 Å². The van der Waals surface area contributed by atoms with Crippen LogP contribution in [0.5, 0.6) is 11.5 Å². The summed E-state index contributed by atoms with van der Waals surface area (Å²) < 4.78 is 6.37. The summed E-state index contributed by atoms with van der Waals surface area (Å²) >= 11 is 15.4. The van der Waals surface area contributed by atoms with Gasteiger partial charge in [-0.2, -0.15) is 0 Å². The summed E-state index contributed by atoms with van der Waals surface area (Å²) in [5.41, 5.74) is 0.666. The molecule has 0 bridgehead atoms. The first-order valence-electron chi connectivity index (χ1n) is 5.97. The van der Waals surface area contributed by atoms with Crippen LogP contribution in [-0.2, 0) is 0 Å². The number of carbonyl (C=O) groups is 1. The number of benzene rings is 2. The van der Waals surface area contributed by atoms with Gasteiger partial charge in [-0.05, 0) is 46.3 Å². The van der Waals surface area contributed by atoms with Crippen LogP contribution in [0.3, 0.4) is 0 Å². The fourth-order valence-electron chi connectivity index (χ4n) is 1.62. The van der Waals surface area contributed by atoms with Gasteiger partial charge in [0.1, 0.15) is 11.5 Å². The van der Waals surface area contributed by atoms with Gasteiger partial charge < -0.3 is 4.74 Å². The molecule has 0 aromatic heterocycles. The third kappa shape index (κ3) is 3.54. The zero-order valence-electron chi connectivity index (χ0n) is 10.6. The zero-order chi connectivity index (χ0) is 14.7. The summed E-state index contributed by atoms with van der Waals surface area (Å²) in [7, 11) is 0. The van der Waals surface area contributed by atoms with Gasteiger partial charge in [-0.15, -0.1) is 0 Å². The highest BCUT2D eigenvalue weighted by Gasteiger charge is 2.09. The number of carbonyl (C=O) groups excluding carboxylic acids is 1. The first-order chi connectivity index (χ1) is 9.51.